The summed E-state index contributed by atoms with van der Waals surface area (Å²) in [5.74, 6) is 0. The first-order valence-electron chi connectivity index (χ1n) is 5.16. The summed E-state index contributed by atoms with van der Waals surface area (Å²) in [6.45, 7) is 1.98. The van der Waals surface area contributed by atoms with Gasteiger partial charge in [0.05, 0.1) is 4.90 Å². The van der Waals surface area contributed by atoms with Crippen LogP contribution in [0.2, 0.25) is 0 Å². The van der Waals surface area contributed by atoms with E-state index in [0.29, 0.717) is 11.3 Å². The average Bonchev–Trinajstić information content (AvgIpc) is 2.29. The second-order valence-electron chi connectivity index (χ2n) is 3.52. The van der Waals surface area contributed by atoms with Crippen LogP contribution in [0.3, 0.4) is 0 Å². The van der Waals surface area contributed by atoms with Crippen molar-refractivity contribution < 1.29 is 8.42 Å². The standard InChI is InChI=1S/C11H16ClNO2S/c1-3-10(12)8-9-6-4-5-7-11(9)16(14,15)13-2/h4-7,10,13H,3,8H2,1-2H3. The minimum Gasteiger partial charge on any atom is -0.214 e. The number of halogens is 1. The van der Waals surface area contributed by atoms with Crippen LogP contribution in [0.5, 0.6) is 0 Å². The van der Waals surface area contributed by atoms with E-state index in [-0.39, 0.29) is 5.38 Å². The predicted octanol–water partition coefficient (Wildman–Crippen LogP) is 2.15. The zero-order valence-corrected chi connectivity index (χ0v) is 11.0. The van der Waals surface area contributed by atoms with Crippen molar-refractivity contribution in [1.29, 1.82) is 0 Å². The van der Waals surface area contributed by atoms with E-state index in [1.165, 1.54) is 7.05 Å². The first-order chi connectivity index (χ1) is 7.51. The lowest BCUT2D eigenvalue weighted by atomic mass is 10.1. The first kappa shape index (κ1) is 13.5. The second kappa shape index (κ2) is 5.66. The quantitative estimate of drug-likeness (QED) is 0.826. The zero-order chi connectivity index (χ0) is 12.2. The maximum absolute atomic E-state index is 11.7. The van der Waals surface area contributed by atoms with Crippen LogP contribution >= 0.6 is 11.6 Å². The lowest BCUT2D eigenvalue weighted by molar-refractivity contribution is 0.586. The van der Waals surface area contributed by atoms with E-state index in [1.807, 2.05) is 13.0 Å². The predicted molar refractivity (Wildman–Crippen MR) is 66.3 cm³/mol. The van der Waals surface area contributed by atoms with Crippen LogP contribution in [0, 0.1) is 0 Å². The number of hydrogen-bond donors (Lipinski definition) is 1. The Kier molecular flexibility index (Phi) is 4.77. The third-order valence-electron chi connectivity index (χ3n) is 2.42. The molecule has 5 heteroatoms. The van der Waals surface area contributed by atoms with Gasteiger partial charge >= 0.3 is 0 Å². The second-order valence-corrected chi connectivity index (χ2v) is 6.00. The Balaban J connectivity index is 3.11. The molecule has 0 heterocycles. The summed E-state index contributed by atoms with van der Waals surface area (Å²) in [4.78, 5) is 0.316. The van der Waals surface area contributed by atoms with E-state index in [1.54, 1.807) is 18.2 Å². The van der Waals surface area contributed by atoms with Crippen molar-refractivity contribution in [2.45, 2.75) is 30.0 Å². The van der Waals surface area contributed by atoms with Gasteiger partial charge in [-0.25, -0.2) is 13.1 Å². The van der Waals surface area contributed by atoms with E-state index in [2.05, 4.69) is 4.72 Å². The highest BCUT2D eigenvalue weighted by Crippen LogP contribution is 2.19. The molecule has 90 valence electrons. The van der Waals surface area contributed by atoms with E-state index >= 15 is 0 Å². The smallest absolute Gasteiger partial charge is 0.214 e. The Morgan fingerprint density at radius 3 is 2.56 bits per heavy atom. The molecule has 1 atom stereocenters. The van der Waals surface area contributed by atoms with E-state index in [4.69, 9.17) is 11.6 Å². The first-order valence-corrected chi connectivity index (χ1v) is 7.08. The van der Waals surface area contributed by atoms with Crippen molar-refractivity contribution in [3.8, 4) is 0 Å². The topological polar surface area (TPSA) is 46.2 Å². The molecule has 0 aliphatic heterocycles. The fourth-order valence-corrected chi connectivity index (χ4v) is 2.57. The summed E-state index contributed by atoms with van der Waals surface area (Å²) in [5.41, 5.74) is 0.763. The molecule has 3 nitrogen and oxygen atoms in total. The minimum absolute atomic E-state index is 0.0341. The molecule has 1 aromatic rings. The van der Waals surface area contributed by atoms with Gasteiger partial charge in [-0.15, -0.1) is 11.6 Å². The molecule has 1 aromatic carbocycles. The third kappa shape index (κ3) is 3.20. The lowest BCUT2D eigenvalue weighted by Gasteiger charge is -2.11. The van der Waals surface area contributed by atoms with Crippen molar-refractivity contribution in [1.82, 2.24) is 4.72 Å². The van der Waals surface area contributed by atoms with Crippen molar-refractivity contribution in [3.05, 3.63) is 29.8 Å². The van der Waals surface area contributed by atoms with Crippen molar-refractivity contribution in [2.75, 3.05) is 7.05 Å². The highest BCUT2D eigenvalue weighted by molar-refractivity contribution is 7.89. The number of alkyl halides is 1. The van der Waals surface area contributed by atoms with Gasteiger partial charge in [-0.3, -0.25) is 0 Å². The average molecular weight is 262 g/mol. The fourth-order valence-electron chi connectivity index (χ4n) is 1.43. The van der Waals surface area contributed by atoms with Crippen LogP contribution in [0.1, 0.15) is 18.9 Å². The monoisotopic (exact) mass is 261 g/mol. The number of nitrogens with one attached hydrogen (secondary N) is 1. The molecule has 1 unspecified atom stereocenters. The number of rotatable bonds is 5. The molecule has 0 saturated heterocycles. The lowest BCUT2D eigenvalue weighted by Crippen LogP contribution is -2.20. The van der Waals surface area contributed by atoms with Gasteiger partial charge < -0.3 is 0 Å². The molecule has 0 radical (unpaired) electrons. The van der Waals surface area contributed by atoms with Gasteiger partial charge in [0.1, 0.15) is 0 Å². The molecule has 0 spiro atoms. The number of hydrogen-bond acceptors (Lipinski definition) is 2. The highest BCUT2D eigenvalue weighted by Gasteiger charge is 2.17. The number of benzene rings is 1. The van der Waals surface area contributed by atoms with E-state index < -0.39 is 10.0 Å². The zero-order valence-electron chi connectivity index (χ0n) is 9.40. The number of sulfonamides is 1. The summed E-state index contributed by atoms with van der Waals surface area (Å²) in [5, 5.41) is -0.0341. The molecule has 16 heavy (non-hydrogen) atoms. The third-order valence-corrected chi connectivity index (χ3v) is 4.39. The van der Waals surface area contributed by atoms with Gasteiger partial charge in [0.2, 0.25) is 10.0 Å². The van der Waals surface area contributed by atoms with Crippen LogP contribution in [0.25, 0.3) is 0 Å². The Morgan fingerprint density at radius 2 is 2.00 bits per heavy atom. The largest absolute Gasteiger partial charge is 0.240 e. The van der Waals surface area contributed by atoms with Gasteiger partial charge in [-0.05, 0) is 31.5 Å². The van der Waals surface area contributed by atoms with Gasteiger partial charge in [0.25, 0.3) is 0 Å². The van der Waals surface area contributed by atoms with E-state index in [0.717, 1.165) is 12.0 Å². The minimum atomic E-state index is -3.39. The molecule has 0 aromatic heterocycles. The van der Waals surface area contributed by atoms with Gasteiger partial charge in [-0.2, -0.15) is 0 Å². The summed E-state index contributed by atoms with van der Waals surface area (Å²) >= 11 is 6.05. The molecule has 0 saturated carbocycles. The molecule has 1 rings (SSSR count). The summed E-state index contributed by atoms with van der Waals surface area (Å²) in [7, 11) is -1.98. The van der Waals surface area contributed by atoms with Crippen LogP contribution in [-0.2, 0) is 16.4 Å². The molecular weight excluding hydrogens is 246 g/mol. The van der Waals surface area contributed by atoms with E-state index in [9.17, 15) is 8.42 Å². The van der Waals surface area contributed by atoms with Crippen molar-refractivity contribution in [2.24, 2.45) is 0 Å². The van der Waals surface area contributed by atoms with Gasteiger partial charge in [0, 0.05) is 5.38 Å². The van der Waals surface area contributed by atoms with Gasteiger partial charge in [0.15, 0.2) is 0 Å². The fraction of sp³-hybridized carbons (Fsp3) is 0.455. The molecule has 0 bridgehead atoms. The molecular formula is C11H16ClNO2S. The Hall–Kier alpha value is -0.580. The molecule has 0 amide bonds. The SMILES string of the molecule is CCC(Cl)Cc1ccccc1S(=O)(=O)NC. The Morgan fingerprint density at radius 1 is 1.38 bits per heavy atom. The highest BCUT2D eigenvalue weighted by atomic mass is 35.5. The van der Waals surface area contributed by atoms with Crippen molar-refractivity contribution >= 4 is 21.6 Å². The normalized spacial score (nSPS) is 13.7. The Bertz CT molecular complexity index is 445. The molecule has 0 fully saturated rings. The van der Waals surface area contributed by atoms with Crippen LogP contribution in [0.4, 0.5) is 0 Å². The maximum Gasteiger partial charge on any atom is 0.240 e. The molecule has 1 N–H and O–H groups in total. The van der Waals surface area contributed by atoms with Gasteiger partial charge in [-0.1, -0.05) is 25.1 Å². The maximum atomic E-state index is 11.7. The van der Waals surface area contributed by atoms with Crippen LogP contribution in [-0.4, -0.2) is 20.8 Å². The summed E-state index contributed by atoms with van der Waals surface area (Å²) in [6, 6.07) is 6.93. The van der Waals surface area contributed by atoms with Crippen LogP contribution < -0.4 is 4.72 Å². The Labute approximate surface area is 102 Å². The summed E-state index contributed by atoms with van der Waals surface area (Å²) in [6.07, 6.45) is 1.38. The molecule has 0 aliphatic carbocycles. The van der Waals surface area contributed by atoms with Crippen molar-refractivity contribution in [3.63, 3.8) is 0 Å². The molecule has 0 aliphatic rings. The van der Waals surface area contributed by atoms with Crippen LogP contribution in [0.15, 0.2) is 29.2 Å². The summed E-state index contributed by atoms with van der Waals surface area (Å²) < 4.78 is 25.8.